The first-order valence-corrected chi connectivity index (χ1v) is 4.50. The van der Waals surface area contributed by atoms with E-state index in [1.807, 2.05) is 13.0 Å². The molecule has 0 amide bonds. The molecule has 0 fully saturated rings. The molecule has 0 nitrogen and oxygen atoms in total. The van der Waals surface area contributed by atoms with Crippen molar-refractivity contribution >= 4 is 0 Å². The monoisotopic (exact) mass is 160 g/mol. The minimum Gasteiger partial charge on any atom is -0.122 e. The van der Waals surface area contributed by atoms with Gasteiger partial charge in [0.2, 0.25) is 0 Å². The fourth-order valence-corrected chi connectivity index (χ4v) is 1.54. The minimum atomic E-state index is 0.655. The van der Waals surface area contributed by atoms with Crippen molar-refractivity contribution in [1.29, 1.82) is 0 Å². The topological polar surface area (TPSA) is 0 Å². The summed E-state index contributed by atoms with van der Waals surface area (Å²) in [6.45, 7) is 6.39. The Morgan fingerprint density at radius 1 is 1.67 bits per heavy atom. The summed E-state index contributed by atoms with van der Waals surface area (Å²) in [4.78, 5) is 0. The summed E-state index contributed by atoms with van der Waals surface area (Å²) in [5, 5.41) is 0. The zero-order valence-corrected chi connectivity index (χ0v) is 8.09. The highest BCUT2D eigenvalue weighted by molar-refractivity contribution is 5.36. The van der Waals surface area contributed by atoms with Crippen LogP contribution in [-0.4, -0.2) is 0 Å². The molecule has 0 aliphatic heterocycles. The first-order chi connectivity index (χ1) is 5.75. The van der Waals surface area contributed by atoms with E-state index in [1.165, 1.54) is 11.1 Å². The van der Waals surface area contributed by atoms with E-state index in [-0.39, 0.29) is 0 Å². The Balaban J connectivity index is 2.94. The van der Waals surface area contributed by atoms with Gasteiger partial charge in [0.1, 0.15) is 0 Å². The van der Waals surface area contributed by atoms with E-state index in [9.17, 15) is 0 Å². The van der Waals surface area contributed by atoms with Gasteiger partial charge in [-0.05, 0) is 43.4 Å². The normalized spacial score (nSPS) is 21.2. The molecule has 0 saturated heterocycles. The van der Waals surface area contributed by atoms with Crippen molar-refractivity contribution in [2.24, 2.45) is 5.92 Å². The fraction of sp³-hybridized carbons (Fsp3) is 0.417. The van der Waals surface area contributed by atoms with E-state index < -0.39 is 0 Å². The second-order valence-corrected chi connectivity index (χ2v) is 3.24. The molecule has 0 heterocycles. The van der Waals surface area contributed by atoms with E-state index in [1.54, 1.807) is 0 Å². The van der Waals surface area contributed by atoms with Crippen molar-refractivity contribution in [2.45, 2.75) is 27.2 Å². The van der Waals surface area contributed by atoms with E-state index >= 15 is 0 Å². The van der Waals surface area contributed by atoms with Crippen molar-refractivity contribution in [3.05, 3.63) is 41.2 Å². The maximum atomic E-state index is 3.24. The fourth-order valence-electron chi connectivity index (χ4n) is 1.54. The Kier molecular flexibility index (Phi) is 3.13. The molecule has 0 aromatic rings. The van der Waals surface area contributed by atoms with Gasteiger partial charge in [-0.3, -0.25) is 0 Å². The molecule has 0 aromatic carbocycles. The van der Waals surface area contributed by atoms with Crippen molar-refractivity contribution in [2.75, 3.05) is 0 Å². The van der Waals surface area contributed by atoms with Crippen LogP contribution >= 0.6 is 0 Å². The van der Waals surface area contributed by atoms with Gasteiger partial charge in [0.05, 0.1) is 0 Å². The quantitative estimate of drug-likeness (QED) is 0.514. The van der Waals surface area contributed by atoms with Crippen LogP contribution in [0.4, 0.5) is 0 Å². The van der Waals surface area contributed by atoms with Gasteiger partial charge in [-0.1, -0.05) is 25.2 Å². The summed E-state index contributed by atoms with van der Waals surface area (Å²) in [7, 11) is 0. The average molecular weight is 160 g/mol. The van der Waals surface area contributed by atoms with E-state index in [4.69, 9.17) is 0 Å². The number of rotatable bonds is 1. The van der Waals surface area contributed by atoms with Crippen LogP contribution in [0.2, 0.25) is 0 Å². The van der Waals surface area contributed by atoms with Gasteiger partial charge in [0.25, 0.3) is 0 Å². The highest BCUT2D eigenvalue weighted by Gasteiger charge is 2.10. The minimum absolute atomic E-state index is 0.655. The van der Waals surface area contributed by atoms with Crippen LogP contribution < -0.4 is 0 Å². The highest BCUT2D eigenvalue weighted by Crippen LogP contribution is 2.25. The molecule has 0 heteroatoms. The lowest BCUT2D eigenvalue weighted by atomic mass is 9.89. The van der Waals surface area contributed by atoms with Crippen LogP contribution in [-0.2, 0) is 0 Å². The molecular formula is C12H16. The summed E-state index contributed by atoms with van der Waals surface area (Å²) in [5.74, 6) is 0.655. The van der Waals surface area contributed by atoms with Crippen LogP contribution in [0.5, 0.6) is 0 Å². The number of hydrogen-bond donors (Lipinski definition) is 0. The number of allylic oxidation sites excluding steroid dienone is 5. The Morgan fingerprint density at radius 3 is 3.00 bits per heavy atom. The SMILES string of the molecule is CC=C=C(C)C1=CC=CCC1C. The molecule has 1 unspecified atom stereocenters. The van der Waals surface area contributed by atoms with E-state index in [2.05, 4.69) is 37.8 Å². The Morgan fingerprint density at radius 2 is 2.42 bits per heavy atom. The first-order valence-electron chi connectivity index (χ1n) is 4.50. The lowest BCUT2D eigenvalue weighted by molar-refractivity contribution is 0.694. The van der Waals surface area contributed by atoms with Gasteiger partial charge in [0, 0.05) is 0 Å². The molecule has 1 rings (SSSR count). The Labute approximate surface area is 75.0 Å². The lowest BCUT2D eigenvalue weighted by Crippen LogP contribution is -2.01. The maximum Gasteiger partial charge on any atom is -0.00600 e. The zero-order valence-electron chi connectivity index (χ0n) is 8.09. The number of hydrogen-bond acceptors (Lipinski definition) is 0. The third-order valence-corrected chi connectivity index (χ3v) is 2.23. The first kappa shape index (κ1) is 9.09. The molecule has 0 spiro atoms. The molecule has 0 radical (unpaired) electrons. The van der Waals surface area contributed by atoms with Gasteiger partial charge in [0.15, 0.2) is 0 Å². The molecule has 64 valence electrons. The smallest absolute Gasteiger partial charge is 0.00600 e. The molecule has 0 bridgehead atoms. The Bertz CT molecular complexity index is 270. The van der Waals surface area contributed by atoms with Gasteiger partial charge < -0.3 is 0 Å². The predicted octanol–water partition coefficient (Wildman–Crippen LogP) is 3.63. The second kappa shape index (κ2) is 4.13. The van der Waals surface area contributed by atoms with Crippen molar-refractivity contribution in [3.8, 4) is 0 Å². The molecule has 0 saturated carbocycles. The van der Waals surface area contributed by atoms with Gasteiger partial charge in [-0.2, -0.15) is 0 Å². The van der Waals surface area contributed by atoms with E-state index in [0.717, 1.165) is 6.42 Å². The molecular weight excluding hydrogens is 144 g/mol. The summed E-state index contributed by atoms with van der Waals surface area (Å²) < 4.78 is 0. The molecule has 1 aliphatic carbocycles. The molecule has 1 atom stereocenters. The van der Waals surface area contributed by atoms with Crippen LogP contribution in [0.1, 0.15) is 27.2 Å². The van der Waals surface area contributed by atoms with E-state index in [0.29, 0.717) is 5.92 Å². The molecule has 1 aliphatic rings. The van der Waals surface area contributed by atoms with Crippen LogP contribution in [0.3, 0.4) is 0 Å². The predicted molar refractivity (Wildman–Crippen MR) is 53.9 cm³/mol. The average Bonchev–Trinajstić information content (AvgIpc) is 2.05. The van der Waals surface area contributed by atoms with Crippen LogP contribution in [0.25, 0.3) is 0 Å². The second-order valence-electron chi connectivity index (χ2n) is 3.24. The lowest BCUT2D eigenvalue weighted by Gasteiger charge is -2.16. The molecule has 0 aromatic heterocycles. The van der Waals surface area contributed by atoms with Crippen molar-refractivity contribution in [3.63, 3.8) is 0 Å². The largest absolute Gasteiger partial charge is 0.122 e. The van der Waals surface area contributed by atoms with Gasteiger partial charge in [-0.25, -0.2) is 0 Å². The summed E-state index contributed by atoms with van der Waals surface area (Å²) in [6, 6.07) is 0. The molecule has 0 N–H and O–H groups in total. The maximum absolute atomic E-state index is 3.24. The van der Waals surface area contributed by atoms with Crippen LogP contribution in [0, 0.1) is 5.92 Å². The zero-order chi connectivity index (χ0) is 8.97. The van der Waals surface area contributed by atoms with Gasteiger partial charge >= 0.3 is 0 Å². The summed E-state index contributed by atoms with van der Waals surface area (Å²) >= 11 is 0. The molecule has 12 heavy (non-hydrogen) atoms. The highest BCUT2D eigenvalue weighted by atomic mass is 14.1. The van der Waals surface area contributed by atoms with Crippen molar-refractivity contribution < 1.29 is 0 Å². The standard InChI is InChI=1S/C12H16/c1-4-7-10(2)12-9-6-5-8-11(12)3/h4-6,9,11H,8H2,1-3H3. The third-order valence-electron chi connectivity index (χ3n) is 2.23. The summed E-state index contributed by atoms with van der Waals surface area (Å²) in [5.41, 5.74) is 5.93. The van der Waals surface area contributed by atoms with Crippen molar-refractivity contribution in [1.82, 2.24) is 0 Å². The van der Waals surface area contributed by atoms with Gasteiger partial charge in [-0.15, -0.1) is 5.73 Å². The Hall–Kier alpha value is -1.00. The van der Waals surface area contributed by atoms with Crippen LogP contribution in [0.15, 0.2) is 41.2 Å². The summed E-state index contributed by atoms with van der Waals surface area (Å²) in [6.07, 6.45) is 9.68. The third kappa shape index (κ3) is 1.99.